The number of nitrogens with zero attached hydrogens (tertiary/aromatic N) is 1. The molecular formula is C19H17BrN2O2S. The van der Waals surface area contributed by atoms with E-state index in [1.165, 1.54) is 28.2 Å². The van der Waals surface area contributed by atoms with Crippen LogP contribution in [0, 0.1) is 0 Å². The maximum Gasteiger partial charge on any atom is 0.318 e. The molecule has 25 heavy (non-hydrogen) atoms. The lowest BCUT2D eigenvalue weighted by molar-refractivity contribution is -0.136. The van der Waals surface area contributed by atoms with Gasteiger partial charge in [-0.1, -0.05) is 46.3 Å². The zero-order valence-corrected chi connectivity index (χ0v) is 15.8. The average molecular weight is 417 g/mol. The Morgan fingerprint density at radius 2 is 2.00 bits per heavy atom. The van der Waals surface area contributed by atoms with Crippen LogP contribution in [-0.2, 0) is 11.3 Å². The summed E-state index contributed by atoms with van der Waals surface area (Å²) >= 11 is 4.95. The number of para-hydroxylation sites is 1. The highest BCUT2D eigenvalue weighted by molar-refractivity contribution is 9.10. The predicted molar refractivity (Wildman–Crippen MR) is 105 cm³/mol. The van der Waals surface area contributed by atoms with Gasteiger partial charge in [0, 0.05) is 40.2 Å². The molecule has 0 saturated carbocycles. The van der Waals surface area contributed by atoms with Crippen molar-refractivity contribution in [3.8, 4) is 0 Å². The molecule has 0 aliphatic carbocycles. The van der Waals surface area contributed by atoms with E-state index in [0.717, 1.165) is 16.6 Å². The summed E-state index contributed by atoms with van der Waals surface area (Å²) in [6.45, 7) is 1.28. The fraction of sp³-hybridized carbons (Fsp3) is 0.211. The molecule has 1 fully saturated rings. The summed E-state index contributed by atoms with van der Waals surface area (Å²) in [5.41, 5.74) is 3.55. The lowest BCUT2D eigenvalue weighted by Gasteiger charge is -2.08. The van der Waals surface area contributed by atoms with Gasteiger partial charge < -0.3 is 9.67 Å². The highest BCUT2D eigenvalue weighted by atomic mass is 79.9. The summed E-state index contributed by atoms with van der Waals surface area (Å²) in [6.07, 6.45) is 2.15. The molecule has 1 aliphatic rings. The summed E-state index contributed by atoms with van der Waals surface area (Å²) in [5, 5.41) is 13.4. The molecule has 4 nitrogen and oxygen atoms in total. The SMILES string of the molecule is O=C(O)[C@@H]1CN[C@@H](c2cn(Cc3ccc(Br)cc3)c3ccccc23)S1. The summed E-state index contributed by atoms with van der Waals surface area (Å²) in [5.74, 6) is -0.751. The van der Waals surface area contributed by atoms with Crippen molar-refractivity contribution in [1.29, 1.82) is 0 Å². The molecule has 2 heterocycles. The molecule has 2 atom stereocenters. The number of carboxylic acid groups (broad SMARTS) is 1. The molecule has 0 radical (unpaired) electrons. The molecular weight excluding hydrogens is 400 g/mol. The van der Waals surface area contributed by atoms with Gasteiger partial charge in [0.2, 0.25) is 0 Å². The number of benzene rings is 2. The predicted octanol–water partition coefficient (Wildman–Crippen LogP) is 4.24. The number of nitrogens with one attached hydrogen (secondary N) is 1. The number of halogens is 1. The lowest BCUT2D eigenvalue weighted by atomic mass is 10.1. The molecule has 6 heteroatoms. The van der Waals surface area contributed by atoms with E-state index in [4.69, 9.17) is 0 Å². The normalized spacial score (nSPS) is 20.2. The highest BCUT2D eigenvalue weighted by Crippen LogP contribution is 2.39. The molecule has 1 saturated heterocycles. The molecule has 0 spiro atoms. The summed E-state index contributed by atoms with van der Waals surface area (Å²) in [4.78, 5) is 11.2. The highest BCUT2D eigenvalue weighted by Gasteiger charge is 2.32. The third-order valence-corrected chi connectivity index (χ3v) is 6.35. The Morgan fingerprint density at radius 1 is 1.24 bits per heavy atom. The quantitative estimate of drug-likeness (QED) is 0.667. The van der Waals surface area contributed by atoms with E-state index in [2.05, 4.69) is 56.3 Å². The molecule has 0 amide bonds. The molecule has 2 N–H and O–H groups in total. The maximum absolute atomic E-state index is 11.2. The van der Waals surface area contributed by atoms with E-state index in [9.17, 15) is 9.90 Å². The van der Waals surface area contributed by atoms with Crippen LogP contribution in [0.15, 0.2) is 59.2 Å². The number of aliphatic carboxylic acids is 1. The third-order valence-electron chi connectivity index (χ3n) is 4.43. The fourth-order valence-corrected chi connectivity index (χ4v) is 4.63. The molecule has 4 rings (SSSR count). The Bertz CT molecular complexity index is 923. The van der Waals surface area contributed by atoms with Crippen LogP contribution < -0.4 is 5.32 Å². The van der Waals surface area contributed by atoms with E-state index in [1.54, 1.807) is 0 Å². The van der Waals surface area contributed by atoms with Crippen molar-refractivity contribution in [3.05, 3.63) is 70.3 Å². The molecule has 1 aliphatic heterocycles. The van der Waals surface area contributed by atoms with Gasteiger partial charge in [0.05, 0.1) is 5.37 Å². The van der Waals surface area contributed by atoms with Crippen LogP contribution in [0.5, 0.6) is 0 Å². The van der Waals surface area contributed by atoms with E-state index in [-0.39, 0.29) is 5.37 Å². The number of hydrogen-bond acceptors (Lipinski definition) is 3. The number of carboxylic acids is 1. The molecule has 0 unspecified atom stereocenters. The van der Waals surface area contributed by atoms with Crippen molar-refractivity contribution in [2.45, 2.75) is 17.2 Å². The smallest absolute Gasteiger partial charge is 0.318 e. The number of fused-ring (bicyclic) bond motifs is 1. The Balaban J connectivity index is 1.69. The van der Waals surface area contributed by atoms with Crippen molar-refractivity contribution in [2.24, 2.45) is 0 Å². The van der Waals surface area contributed by atoms with Crippen LogP contribution in [0.3, 0.4) is 0 Å². The van der Waals surface area contributed by atoms with Gasteiger partial charge in [-0.05, 0) is 23.8 Å². The minimum atomic E-state index is -0.751. The minimum absolute atomic E-state index is 0.0113. The lowest BCUT2D eigenvalue weighted by Crippen LogP contribution is -2.21. The number of carbonyl (C=O) groups is 1. The number of thioether (sulfide) groups is 1. The van der Waals surface area contributed by atoms with Crippen LogP contribution in [-0.4, -0.2) is 27.4 Å². The second-order valence-corrected chi connectivity index (χ2v) is 8.34. The summed E-state index contributed by atoms with van der Waals surface area (Å²) in [7, 11) is 0. The Kier molecular flexibility index (Phi) is 4.58. The first-order chi connectivity index (χ1) is 12.1. The first kappa shape index (κ1) is 16.7. The van der Waals surface area contributed by atoms with Gasteiger partial charge in [0.1, 0.15) is 5.25 Å². The van der Waals surface area contributed by atoms with Gasteiger partial charge in [0.25, 0.3) is 0 Å². The molecule has 1 aromatic heterocycles. The van der Waals surface area contributed by atoms with E-state index < -0.39 is 11.2 Å². The Hall–Kier alpha value is -1.76. The van der Waals surface area contributed by atoms with E-state index in [1.807, 2.05) is 24.3 Å². The zero-order chi connectivity index (χ0) is 17.4. The second kappa shape index (κ2) is 6.86. The molecule has 3 aromatic rings. The molecule has 2 aromatic carbocycles. The van der Waals surface area contributed by atoms with Crippen LogP contribution in [0.25, 0.3) is 10.9 Å². The third kappa shape index (κ3) is 3.34. The number of aromatic nitrogens is 1. The monoisotopic (exact) mass is 416 g/mol. The standard InChI is InChI=1S/C19H17BrN2O2S/c20-13-7-5-12(6-8-13)10-22-11-15(14-3-1-2-4-16(14)22)18-21-9-17(25-18)19(23)24/h1-8,11,17-18,21H,9-10H2,(H,23,24)/t17-,18+/m0/s1. The van der Waals surface area contributed by atoms with Crippen molar-refractivity contribution in [3.63, 3.8) is 0 Å². The Labute approximate surface area is 158 Å². The van der Waals surface area contributed by atoms with E-state index >= 15 is 0 Å². The van der Waals surface area contributed by atoms with Gasteiger partial charge in [-0.3, -0.25) is 10.1 Å². The second-order valence-electron chi connectivity index (χ2n) is 6.11. The van der Waals surface area contributed by atoms with Crippen LogP contribution >= 0.6 is 27.7 Å². The van der Waals surface area contributed by atoms with Crippen molar-refractivity contribution < 1.29 is 9.90 Å². The molecule has 128 valence electrons. The minimum Gasteiger partial charge on any atom is -0.480 e. The van der Waals surface area contributed by atoms with Crippen molar-refractivity contribution in [1.82, 2.24) is 9.88 Å². The summed E-state index contributed by atoms with van der Waals surface area (Å²) < 4.78 is 3.31. The van der Waals surface area contributed by atoms with Gasteiger partial charge >= 0.3 is 5.97 Å². The maximum atomic E-state index is 11.2. The first-order valence-electron chi connectivity index (χ1n) is 8.05. The average Bonchev–Trinajstić information content (AvgIpc) is 3.22. The van der Waals surface area contributed by atoms with Gasteiger partial charge in [-0.25, -0.2) is 0 Å². The fourth-order valence-electron chi connectivity index (χ4n) is 3.20. The van der Waals surface area contributed by atoms with Crippen molar-refractivity contribution in [2.75, 3.05) is 6.54 Å². The van der Waals surface area contributed by atoms with Crippen molar-refractivity contribution >= 4 is 44.6 Å². The number of rotatable bonds is 4. The topological polar surface area (TPSA) is 54.3 Å². The van der Waals surface area contributed by atoms with E-state index in [0.29, 0.717) is 6.54 Å². The molecule has 0 bridgehead atoms. The first-order valence-corrected chi connectivity index (χ1v) is 9.79. The largest absolute Gasteiger partial charge is 0.480 e. The summed E-state index contributed by atoms with van der Waals surface area (Å²) in [6, 6.07) is 16.6. The van der Waals surface area contributed by atoms with Crippen LogP contribution in [0.1, 0.15) is 16.5 Å². The van der Waals surface area contributed by atoms with Gasteiger partial charge in [0.15, 0.2) is 0 Å². The van der Waals surface area contributed by atoms with Crippen LogP contribution in [0.2, 0.25) is 0 Å². The number of hydrogen-bond donors (Lipinski definition) is 2. The van der Waals surface area contributed by atoms with Gasteiger partial charge in [-0.2, -0.15) is 0 Å². The van der Waals surface area contributed by atoms with Crippen LogP contribution in [0.4, 0.5) is 0 Å². The Morgan fingerprint density at radius 3 is 2.72 bits per heavy atom. The van der Waals surface area contributed by atoms with Gasteiger partial charge in [-0.15, -0.1) is 11.8 Å². The zero-order valence-electron chi connectivity index (χ0n) is 13.4.